The van der Waals surface area contributed by atoms with Gasteiger partial charge in [-0.3, -0.25) is 9.69 Å². The number of amides is 1. The van der Waals surface area contributed by atoms with Crippen LogP contribution < -0.4 is 5.73 Å². The number of benzene rings is 1. The molecule has 2 aromatic heterocycles. The van der Waals surface area contributed by atoms with Crippen molar-refractivity contribution >= 4 is 5.91 Å². The zero-order valence-corrected chi connectivity index (χ0v) is 14.9. The number of primary amides is 1. The number of furan rings is 1. The third kappa shape index (κ3) is 3.75. The Morgan fingerprint density at radius 2 is 1.96 bits per heavy atom. The Kier molecular flexibility index (Phi) is 4.97. The molecule has 0 aliphatic carbocycles. The highest BCUT2D eigenvalue weighted by Crippen LogP contribution is 2.31. The standard InChI is InChI=1S/C19H22N6O2/c20-18(26)15-8-10-24(11-9-15)17(14-5-2-1-3-6-14)19-21-22-23-25(19)13-16-7-4-12-27-16/h1-7,12,15,17H,8-11,13H2,(H2,20,26). The van der Waals surface area contributed by atoms with Gasteiger partial charge in [0.2, 0.25) is 5.91 Å². The van der Waals surface area contributed by atoms with Crippen molar-refractivity contribution in [3.63, 3.8) is 0 Å². The number of carbonyl (C=O) groups excluding carboxylic acids is 1. The van der Waals surface area contributed by atoms with Gasteiger partial charge in [-0.15, -0.1) is 5.10 Å². The molecule has 27 heavy (non-hydrogen) atoms. The third-order valence-electron chi connectivity index (χ3n) is 5.10. The number of nitrogens with two attached hydrogens (primary N) is 1. The van der Waals surface area contributed by atoms with Gasteiger partial charge >= 0.3 is 0 Å². The van der Waals surface area contributed by atoms with Crippen LogP contribution in [-0.2, 0) is 11.3 Å². The Hall–Kier alpha value is -3.00. The van der Waals surface area contributed by atoms with Crippen molar-refractivity contribution < 1.29 is 9.21 Å². The van der Waals surface area contributed by atoms with Crippen LogP contribution in [-0.4, -0.2) is 44.1 Å². The van der Waals surface area contributed by atoms with Gasteiger partial charge in [0.05, 0.1) is 12.3 Å². The zero-order chi connectivity index (χ0) is 18.6. The largest absolute Gasteiger partial charge is 0.467 e. The number of nitrogens with zero attached hydrogens (tertiary/aromatic N) is 5. The minimum atomic E-state index is -0.214. The zero-order valence-electron chi connectivity index (χ0n) is 14.9. The average Bonchev–Trinajstić information content (AvgIpc) is 3.36. The first-order valence-corrected chi connectivity index (χ1v) is 9.09. The van der Waals surface area contributed by atoms with E-state index < -0.39 is 0 Å². The molecule has 1 aliphatic heterocycles. The second-order valence-corrected chi connectivity index (χ2v) is 6.80. The number of likely N-dealkylation sites (tertiary alicyclic amines) is 1. The Labute approximate surface area is 156 Å². The van der Waals surface area contributed by atoms with Crippen molar-refractivity contribution in [2.45, 2.75) is 25.4 Å². The number of hydrogen-bond acceptors (Lipinski definition) is 6. The highest BCUT2D eigenvalue weighted by Gasteiger charge is 2.32. The smallest absolute Gasteiger partial charge is 0.220 e. The first kappa shape index (κ1) is 17.4. The van der Waals surface area contributed by atoms with Crippen LogP contribution in [0.25, 0.3) is 0 Å². The number of tetrazole rings is 1. The van der Waals surface area contributed by atoms with Gasteiger partial charge in [-0.2, -0.15) is 0 Å². The molecule has 4 rings (SSSR count). The van der Waals surface area contributed by atoms with Crippen LogP contribution in [0.4, 0.5) is 0 Å². The van der Waals surface area contributed by atoms with E-state index in [9.17, 15) is 4.79 Å². The topological polar surface area (TPSA) is 103 Å². The van der Waals surface area contributed by atoms with Gasteiger partial charge in [0.1, 0.15) is 12.3 Å². The molecule has 0 radical (unpaired) electrons. The predicted octanol–water partition coefficient (Wildman–Crippen LogP) is 1.60. The maximum absolute atomic E-state index is 11.5. The lowest BCUT2D eigenvalue weighted by Crippen LogP contribution is -2.41. The molecule has 8 heteroatoms. The minimum Gasteiger partial charge on any atom is -0.467 e. The molecule has 1 unspecified atom stereocenters. The van der Waals surface area contributed by atoms with Crippen molar-refractivity contribution in [1.82, 2.24) is 25.1 Å². The molecule has 0 saturated carbocycles. The van der Waals surface area contributed by atoms with Crippen LogP contribution >= 0.6 is 0 Å². The maximum atomic E-state index is 11.5. The van der Waals surface area contributed by atoms with Crippen molar-refractivity contribution in [2.75, 3.05) is 13.1 Å². The van der Waals surface area contributed by atoms with Crippen LogP contribution in [0.2, 0.25) is 0 Å². The van der Waals surface area contributed by atoms with Crippen molar-refractivity contribution in [1.29, 1.82) is 0 Å². The van der Waals surface area contributed by atoms with E-state index in [2.05, 4.69) is 32.6 Å². The fourth-order valence-corrected chi connectivity index (χ4v) is 3.67. The van der Waals surface area contributed by atoms with Crippen molar-refractivity contribution in [3.8, 4) is 0 Å². The van der Waals surface area contributed by atoms with E-state index >= 15 is 0 Å². The fraction of sp³-hybridized carbons (Fsp3) is 0.368. The molecule has 1 aromatic carbocycles. The van der Waals surface area contributed by atoms with Crippen molar-refractivity contribution in [2.24, 2.45) is 11.7 Å². The molecular weight excluding hydrogens is 344 g/mol. The summed E-state index contributed by atoms with van der Waals surface area (Å²) in [5.74, 6) is 1.28. The summed E-state index contributed by atoms with van der Waals surface area (Å²) in [5.41, 5.74) is 6.61. The van der Waals surface area contributed by atoms with E-state index in [-0.39, 0.29) is 17.9 Å². The summed E-state index contributed by atoms with van der Waals surface area (Å²) in [6, 6.07) is 13.8. The quantitative estimate of drug-likeness (QED) is 0.711. The number of piperidine rings is 1. The lowest BCUT2D eigenvalue weighted by atomic mass is 9.93. The van der Waals surface area contributed by atoms with Crippen molar-refractivity contribution in [3.05, 3.63) is 65.9 Å². The number of carbonyl (C=O) groups is 1. The predicted molar refractivity (Wildman–Crippen MR) is 97.4 cm³/mol. The SMILES string of the molecule is NC(=O)C1CCN(C(c2ccccc2)c2nnnn2Cc2ccco2)CC1. The minimum absolute atomic E-state index is 0.0585. The second kappa shape index (κ2) is 7.71. The Morgan fingerprint density at radius 3 is 2.63 bits per heavy atom. The Bertz CT molecular complexity index is 869. The summed E-state index contributed by atoms with van der Waals surface area (Å²) in [7, 11) is 0. The Balaban J connectivity index is 1.64. The van der Waals surface area contributed by atoms with Gasteiger partial charge < -0.3 is 10.2 Å². The molecule has 2 N–H and O–H groups in total. The van der Waals surface area contributed by atoms with E-state index in [1.807, 2.05) is 30.3 Å². The molecule has 1 saturated heterocycles. The normalized spacial score (nSPS) is 17.0. The molecule has 0 bridgehead atoms. The average molecular weight is 366 g/mol. The molecule has 1 aliphatic rings. The van der Waals surface area contributed by atoms with Gasteiger partial charge in [-0.25, -0.2) is 4.68 Å². The Morgan fingerprint density at radius 1 is 1.19 bits per heavy atom. The molecule has 1 amide bonds. The first-order valence-electron chi connectivity index (χ1n) is 9.09. The number of rotatable bonds is 6. The maximum Gasteiger partial charge on any atom is 0.220 e. The highest BCUT2D eigenvalue weighted by atomic mass is 16.3. The number of aromatic nitrogens is 4. The highest BCUT2D eigenvalue weighted by molar-refractivity contribution is 5.76. The van der Waals surface area contributed by atoms with Gasteiger partial charge in [0.15, 0.2) is 5.82 Å². The summed E-state index contributed by atoms with van der Waals surface area (Å²) < 4.78 is 7.23. The molecule has 140 valence electrons. The van der Waals surface area contributed by atoms with E-state index in [0.29, 0.717) is 6.54 Å². The molecule has 8 nitrogen and oxygen atoms in total. The first-order chi connectivity index (χ1) is 13.2. The van der Waals surface area contributed by atoms with Gasteiger partial charge in [0, 0.05) is 5.92 Å². The van der Waals surface area contributed by atoms with E-state index in [1.165, 1.54) is 0 Å². The summed E-state index contributed by atoms with van der Waals surface area (Å²) in [6.45, 7) is 2.00. The second-order valence-electron chi connectivity index (χ2n) is 6.80. The number of hydrogen-bond donors (Lipinski definition) is 1. The monoisotopic (exact) mass is 366 g/mol. The van der Waals surface area contributed by atoms with E-state index in [1.54, 1.807) is 10.9 Å². The fourth-order valence-electron chi connectivity index (χ4n) is 3.67. The van der Waals surface area contributed by atoms with Crippen LogP contribution in [0.5, 0.6) is 0 Å². The molecule has 1 atom stereocenters. The van der Waals surface area contributed by atoms with E-state index in [4.69, 9.17) is 10.2 Å². The third-order valence-corrected chi connectivity index (χ3v) is 5.10. The van der Waals surface area contributed by atoms with Gasteiger partial charge in [0.25, 0.3) is 0 Å². The van der Waals surface area contributed by atoms with Crippen LogP contribution in [0.3, 0.4) is 0 Å². The molecule has 0 spiro atoms. The van der Waals surface area contributed by atoms with Crippen LogP contribution in [0.15, 0.2) is 53.1 Å². The summed E-state index contributed by atoms with van der Waals surface area (Å²) in [6.07, 6.45) is 3.14. The lowest BCUT2D eigenvalue weighted by Gasteiger charge is -2.36. The molecule has 3 aromatic rings. The summed E-state index contributed by atoms with van der Waals surface area (Å²) in [4.78, 5) is 13.8. The van der Waals surface area contributed by atoms with Crippen LogP contribution in [0, 0.1) is 5.92 Å². The van der Waals surface area contributed by atoms with Gasteiger partial charge in [-0.1, -0.05) is 30.3 Å². The van der Waals surface area contributed by atoms with Crippen LogP contribution in [0.1, 0.15) is 36.0 Å². The molecular formula is C19H22N6O2. The lowest BCUT2D eigenvalue weighted by molar-refractivity contribution is -0.123. The van der Waals surface area contributed by atoms with E-state index in [0.717, 1.165) is 43.1 Å². The summed E-state index contributed by atoms with van der Waals surface area (Å²) in [5, 5.41) is 12.4. The molecule has 1 fully saturated rings. The molecule has 3 heterocycles. The summed E-state index contributed by atoms with van der Waals surface area (Å²) >= 11 is 0. The van der Waals surface area contributed by atoms with Gasteiger partial charge in [-0.05, 0) is 54.1 Å².